The van der Waals surface area contributed by atoms with Crippen molar-refractivity contribution in [2.24, 2.45) is 5.10 Å². The molecule has 0 bridgehead atoms. The van der Waals surface area contributed by atoms with Gasteiger partial charge in [0.05, 0.1) is 37.2 Å². The molecule has 1 N–H and O–H groups in total. The van der Waals surface area contributed by atoms with Crippen molar-refractivity contribution in [3.05, 3.63) is 81.8 Å². The van der Waals surface area contributed by atoms with Crippen molar-refractivity contribution in [3.8, 4) is 17.2 Å². The summed E-state index contributed by atoms with van der Waals surface area (Å²) in [6.07, 6.45) is 0.619. The molecule has 3 aromatic carbocycles. The lowest BCUT2D eigenvalue weighted by Crippen LogP contribution is -2.55. The molecule has 166 valence electrons. The molecule has 0 saturated carbocycles. The molecule has 1 spiro atoms. The second-order valence-electron chi connectivity index (χ2n) is 8.11. The fourth-order valence-electron chi connectivity index (χ4n) is 4.85. The van der Waals surface area contributed by atoms with E-state index in [-0.39, 0.29) is 11.9 Å². The van der Waals surface area contributed by atoms with Gasteiger partial charge in [0, 0.05) is 22.0 Å². The van der Waals surface area contributed by atoms with Gasteiger partial charge in [0.25, 0.3) is 5.91 Å². The number of halogens is 1. The average Bonchev–Trinajstić information content (AvgIpc) is 3.40. The summed E-state index contributed by atoms with van der Waals surface area (Å²) in [6.45, 7) is 0. The van der Waals surface area contributed by atoms with Crippen LogP contribution in [0.1, 0.15) is 29.2 Å². The highest BCUT2D eigenvalue weighted by Crippen LogP contribution is 2.54. The third-order valence-electron chi connectivity index (χ3n) is 6.39. The first-order valence-corrected chi connectivity index (χ1v) is 11.3. The summed E-state index contributed by atoms with van der Waals surface area (Å²) in [5, 5.41) is 9.78. The number of fused-ring (bicyclic) bond motifs is 6. The van der Waals surface area contributed by atoms with Gasteiger partial charge >= 0.3 is 5.72 Å². The Morgan fingerprint density at radius 3 is 2.73 bits per heavy atom. The van der Waals surface area contributed by atoms with E-state index in [0.717, 1.165) is 32.6 Å². The number of nitrogens with one attached hydrogen (secondary N) is 1. The van der Waals surface area contributed by atoms with Gasteiger partial charge in [0.15, 0.2) is 11.5 Å². The Hall–Kier alpha value is -3.52. The van der Waals surface area contributed by atoms with Crippen molar-refractivity contribution >= 4 is 33.2 Å². The Morgan fingerprint density at radius 2 is 1.91 bits per heavy atom. The number of rotatable bonds is 3. The number of anilines is 1. The van der Waals surface area contributed by atoms with Gasteiger partial charge in [-0.05, 0) is 42.5 Å². The molecule has 1 amide bonds. The molecule has 0 aromatic heterocycles. The van der Waals surface area contributed by atoms with Crippen molar-refractivity contribution in [2.75, 3.05) is 19.5 Å². The number of methoxy groups -OCH3 is 2. The maximum Gasteiger partial charge on any atom is 0.306 e. The fraction of sp³-hybridized carbons (Fsp3) is 0.200. The van der Waals surface area contributed by atoms with Crippen LogP contribution in [0, 0.1) is 0 Å². The number of amides is 1. The van der Waals surface area contributed by atoms with Crippen LogP contribution in [-0.2, 0) is 10.5 Å². The van der Waals surface area contributed by atoms with Crippen LogP contribution >= 0.6 is 15.9 Å². The van der Waals surface area contributed by atoms with Gasteiger partial charge in [-0.3, -0.25) is 4.79 Å². The summed E-state index contributed by atoms with van der Waals surface area (Å²) in [6, 6.07) is 19.1. The number of ether oxygens (including phenoxy) is 3. The Balaban J connectivity index is 1.54. The van der Waals surface area contributed by atoms with Crippen molar-refractivity contribution in [1.29, 1.82) is 0 Å². The van der Waals surface area contributed by atoms with Crippen molar-refractivity contribution in [1.82, 2.24) is 5.01 Å². The summed E-state index contributed by atoms with van der Waals surface area (Å²) >= 11 is 3.54. The molecule has 0 radical (unpaired) electrons. The first-order chi connectivity index (χ1) is 16.0. The zero-order valence-corrected chi connectivity index (χ0v) is 19.5. The van der Waals surface area contributed by atoms with Crippen LogP contribution < -0.4 is 19.5 Å². The number of nitrogens with zero attached hydrogens (tertiary/aromatic N) is 2. The molecular weight excluding hydrogens is 486 g/mol. The van der Waals surface area contributed by atoms with Crippen molar-refractivity contribution in [3.63, 3.8) is 0 Å². The number of hydrogen-bond donors (Lipinski definition) is 1. The van der Waals surface area contributed by atoms with Gasteiger partial charge in [-0.1, -0.05) is 34.1 Å². The molecule has 2 unspecified atom stereocenters. The maximum absolute atomic E-state index is 13.5. The fourth-order valence-corrected chi connectivity index (χ4v) is 5.21. The minimum Gasteiger partial charge on any atom is -0.493 e. The normalized spacial score (nSPS) is 22.2. The standard InChI is InChI=1S/C25H20BrN3O4/c1-31-22-10-7-14(11-23(22)32-2)19-13-20-16-5-3-4-6-21(16)33-25(29(20)28-19)17-12-15(26)8-9-18(17)27-24(25)30/h3-12,20H,13H2,1-2H3,(H,27,30). The Morgan fingerprint density at radius 1 is 1.09 bits per heavy atom. The van der Waals surface area contributed by atoms with Crippen LogP contribution in [0.5, 0.6) is 17.2 Å². The van der Waals surface area contributed by atoms with Gasteiger partial charge in [-0.25, -0.2) is 5.01 Å². The number of hydrogen-bond acceptors (Lipinski definition) is 6. The lowest BCUT2D eigenvalue weighted by atomic mass is 9.92. The first kappa shape index (κ1) is 20.1. The molecule has 0 aliphatic carbocycles. The highest BCUT2D eigenvalue weighted by atomic mass is 79.9. The van der Waals surface area contributed by atoms with Gasteiger partial charge < -0.3 is 19.5 Å². The molecule has 33 heavy (non-hydrogen) atoms. The van der Waals surface area contributed by atoms with E-state index in [2.05, 4.69) is 21.2 Å². The molecule has 3 aromatic rings. The van der Waals surface area contributed by atoms with E-state index in [4.69, 9.17) is 19.3 Å². The second-order valence-corrected chi connectivity index (χ2v) is 9.02. The average molecular weight is 506 g/mol. The van der Waals surface area contributed by atoms with Gasteiger partial charge in [-0.2, -0.15) is 5.10 Å². The molecule has 3 aliphatic heterocycles. The van der Waals surface area contributed by atoms with Crippen molar-refractivity contribution < 1.29 is 19.0 Å². The number of hydrazone groups is 1. The Bertz CT molecular complexity index is 1340. The second kappa shape index (κ2) is 7.25. The summed E-state index contributed by atoms with van der Waals surface area (Å²) in [5.41, 5.74) is 2.81. The largest absolute Gasteiger partial charge is 0.493 e. The Labute approximate surface area is 199 Å². The van der Waals surface area contributed by atoms with E-state index in [9.17, 15) is 4.79 Å². The van der Waals surface area contributed by atoms with Crippen LogP contribution in [0.2, 0.25) is 0 Å². The van der Waals surface area contributed by atoms with Gasteiger partial charge in [0.1, 0.15) is 5.75 Å². The minimum absolute atomic E-state index is 0.159. The Kier molecular flexibility index (Phi) is 4.42. The lowest BCUT2D eigenvalue weighted by Gasteiger charge is -2.44. The lowest BCUT2D eigenvalue weighted by molar-refractivity contribution is -0.161. The third kappa shape index (κ3) is 2.80. The number of benzene rings is 3. The number of carbonyl (C=O) groups is 1. The van der Waals surface area contributed by atoms with E-state index < -0.39 is 5.72 Å². The SMILES string of the molecule is COc1ccc(C2=NN3C(C2)c2ccccc2OC32C(=O)Nc3ccc(Br)cc32)cc1OC. The van der Waals surface area contributed by atoms with Crippen LogP contribution in [0.25, 0.3) is 0 Å². The molecular formula is C25H20BrN3O4. The first-order valence-electron chi connectivity index (χ1n) is 10.5. The monoisotopic (exact) mass is 505 g/mol. The van der Waals surface area contributed by atoms with Crippen LogP contribution in [0.3, 0.4) is 0 Å². The molecule has 0 saturated heterocycles. The summed E-state index contributed by atoms with van der Waals surface area (Å²) < 4.78 is 18.2. The topological polar surface area (TPSA) is 72.4 Å². The van der Waals surface area contributed by atoms with Gasteiger partial charge in [-0.15, -0.1) is 0 Å². The van der Waals surface area contributed by atoms with E-state index >= 15 is 0 Å². The highest BCUT2D eigenvalue weighted by Gasteiger charge is 2.60. The summed E-state index contributed by atoms with van der Waals surface area (Å²) in [7, 11) is 3.22. The molecule has 8 heteroatoms. The van der Waals surface area contributed by atoms with Gasteiger partial charge in [0.2, 0.25) is 0 Å². The van der Waals surface area contributed by atoms with Crippen LogP contribution in [0.4, 0.5) is 5.69 Å². The molecule has 7 nitrogen and oxygen atoms in total. The van der Waals surface area contributed by atoms with E-state index in [1.54, 1.807) is 14.2 Å². The van der Waals surface area contributed by atoms with Crippen LogP contribution in [-0.4, -0.2) is 30.8 Å². The summed E-state index contributed by atoms with van der Waals surface area (Å²) in [5.74, 6) is 1.70. The predicted octanol–water partition coefficient (Wildman–Crippen LogP) is 4.81. The van der Waals surface area contributed by atoms with E-state index in [0.29, 0.717) is 23.7 Å². The van der Waals surface area contributed by atoms with E-state index in [1.807, 2.05) is 65.7 Å². The molecule has 6 rings (SSSR count). The number of para-hydroxylation sites is 1. The third-order valence-corrected chi connectivity index (χ3v) is 6.88. The highest BCUT2D eigenvalue weighted by molar-refractivity contribution is 9.10. The summed E-state index contributed by atoms with van der Waals surface area (Å²) in [4.78, 5) is 13.5. The number of carbonyl (C=O) groups excluding carboxylic acids is 1. The molecule has 2 atom stereocenters. The molecule has 0 fully saturated rings. The maximum atomic E-state index is 13.5. The minimum atomic E-state index is -1.39. The zero-order chi connectivity index (χ0) is 22.7. The zero-order valence-electron chi connectivity index (χ0n) is 18.0. The van der Waals surface area contributed by atoms with Crippen LogP contribution in [0.15, 0.2) is 70.2 Å². The van der Waals surface area contributed by atoms with Crippen molar-refractivity contribution in [2.45, 2.75) is 18.2 Å². The van der Waals surface area contributed by atoms with E-state index in [1.165, 1.54) is 0 Å². The molecule has 3 heterocycles. The smallest absolute Gasteiger partial charge is 0.306 e. The predicted molar refractivity (Wildman–Crippen MR) is 127 cm³/mol. The quantitative estimate of drug-likeness (QED) is 0.552. The molecule has 3 aliphatic rings.